The number of piperidine rings is 1. The van der Waals surface area contributed by atoms with Crippen molar-refractivity contribution in [2.75, 3.05) is 11.9 Å². The predicted octanol–water partition coefficient (Wildman–Crippen LogP) is 3.05. The molecule has 1 aliphatic heterocycles. The Morgan fingerprint density at radius 1 is 1.07 bits per heavy atom. The summed E-state index contributed by atoms with van der Waals surface area (Å²) in [5.74, 6) is -1.71. The van der Waals surface area contributed by atoms with E-state index in [4.69, 9.17) is 5.11 Å². The summed E-state index contributed by atoms with van der Waals surface area (Å²) in [7, 11) is 0. The van der Waals surface area contributed by atoms with Gasteiger partial charge in [0.05, 0.1) is 0 Å². The topological polar surface area (TPSA) is 99.6 Å². The Kier molecular flexibility index (Phi) is 5.49. The van der Waals surface area contributed by atoms with Crippen LogP contribution in [0.2, 0.25) is 0 Å². The van der Waals surface area contributed by atoms with Gasteiger partial charge in [0.15, 0.2) is 0 Å². The number of pyridine rings is 1. The Balaban J connectivity index is 1.68. The molecule has 0 spiro atoms. The van der Waals surface area contributed by atoms with Crippen molar-refractivity contribution in [1.29, 1.82) is 0 Å². The predicted molar refractivity (Wildman–Crippen MR) is 99.9 cm³/mol. The second kappa shape index (κ2) is 7.99. The lowest BCUT2D eigenvalue weighted by Crippen LogP contribution is -2.42. The molecule has 140 valence electrons. The van der Waals surface area contributed by atoms with Gasteiger partial charge in [-0.3, -0.25) is 9.59 Å². The third-order valence-electron chi connectivity index (χ3n) is 4.65. The highest BCUT2D eigenvalue weighted by Gasteiger charge is 2.24. The molecule has 2 amide bonds. The van der Waals surface area contributed by atoms with E-state index in [1.165, 1.54) is 18.2 Å². The molecule has 1 aliphatic rings. The molecule has 1 aromatic heterocycles. The summed E-state index contributed by atoms with van der Waals surface area (Å²) in [6.07, 6.45) is 3.18. The van der Waals surface area contributed by atoms with Crippen molar-refractivity contribution >= 4 is 23.5 Å². The zero-order valence-electron chi connectivity index (χ0n) is 15.0. The molecule has 1 aromatic carbocycles. The maximum Gasteiger partial charge on any atom is 0.354 e. The number of nitrogens with zero attached hydrogens (tertiary/aromatic N) is 2. The van der Waals surface area contributed by atoms with Gasteiger partial charge in [0, 0.05) is 23.8 Å². The average molecular weight is 367 g/mol. The highest BCUT2D eigenvalue weighted by molar-refractivity contribution is 6.04. The Morgan fingerprint density at radius 2 is 1.78 bits per heavy atom. The summed E-state index contributed by atoms with van der Waals surface area (Å²) >= 11 is 0. The second-order valence-corrected chi connectivity index (χ2v) is 6.59. The zero-order chi connectivity index (χ0) is 19.4. The van der Waals surface area contributed by atoms with Crippen LogP contribution in [0.15, 0.2) is 42.5 Å². The van der Waals surface area contributed by atoms with E-state index in [1.54, 1.807) is 24.3 Å². The molecule has 2 N–H and O–H groups in total. The van der Waals surface area contributed by atoms with E-state index in [9.17, 15) is 14.4 Å². The third kappa shape index (κ3) is 4.31. The van der Waals surface area contributed by atoms with Gasteiger partial charge < -0.3 is 15.3 Å². The number of nitrogens with one attached hydrogen (secondary N) is 1. The van der Waals surface area contributed by atoms with E-state index < -0.39 is 11.9 Å². The molecule has 7 nitrogen and oxygen atoms in total. The first-order valence-electron chi connectivity index (χ1n) is 8.88. The monoisotopic (exact) mass is 367 g/mol. The number of carboxylic acid groups (broad SMARTS) is 1. The molecule has 0 radical (unpaired) electrons. The lowest BCUT2D eigenvalue weighted by atomic mass is 10.0. The molecule has 27 heavy (non-hydrogen) atoms. The molecular formula is C20H21N3O4. The van der Waals surface area contributed by atoms with Crippen LogP contribution in [0.5, 0.6) is 0 Å². The van der Waals surface area contributed by atoms with Gasteiger partial charge in [-0.1, -0.05) is 6.07 Å². The van der Waals surface area contributed by atoms with Crippen LogP contribution in [0, 0.1) is 0 Å². The highest BCUT2D eigenvalue weighted by atomic mass is 16.4. The highest BCUT2D eigenvalue weighted by Crippen LogP contribution is 2.20. The lowest BCUT2D eigenvalue weighted by Gasteiger charge is -2.33. The Morgan fingerprint density at radius 3 is 2.44 bits per heavy atom. The van der Waals surface area contributed by atoms with Crippen LogP contribution in [0.25, 0.3) is 0 Å². The lowest BCUT2D eigenvalue weighted by molar-refractivity contribution is 0.0634. The molecule has 0 aliphatic carbocycles. The number of hydrogen-bond acceptors (Lipinski definition) is 4. The van der Waals surface area contributed by atoms with Crippen LogP contribution in [0.3, 0.4) is 0 Å². The van der Waals surface area contributed by atoms with E-state index >= 15 is 0 Å². The van der Waals surface area contributed by atoms with Gasteiger partial charge in [-0.05, 0) is 62.6 Å². The normalized spacial score (nSPS) is 16.6. The number of hydrogen-bond donors (Lipinski definition) is 2. The number of aromatic nitrogens is 1. The molecular weight excluding hydrogens is 346 g/mol. The fourth-order valence-corrected chi connectivity index (χ4v) is 3.14. The quantitative estimate of drug-likeness (QED) is 0.865. The van der Waals surface area contributed by atoms with Crippen LogP contribution < -0.4 is 5.32 Å². The molecule has 0 saturated carbocycles. The van der Waals surface area contributed by atoms with Crippen molar-refractivity contribution in [3.05, 3.63) is 59.4 Å². The summed E-state index contributed by atoms with van der Waals surface area (Å²) in [4.78, 5) is 41.6. The van der Waals surface area contributed by atoms with Gasteiger partial charge in [0.2, 0.25) is 0 Å². The number of anilines is 1. The number of carbonyl (C=O) groups excluding carboxylic acids is 2. The van der Waals surface area contributed by atoms with E-state index in [0.717, 1.165) is 25.8 Å². The van der Waals surface area contributed by atoms with Gasteiger partial charge in [-0.25, -0.2) is 9.78 Å². The van der Waals surface area contributed by atoms with Gasteiger partial charge in [-0.15, -0.1) is 0 Å². The Hall–Kier alpha value is -3.22. The number of rotatable bonds is 4. The number of amides is 2. The Bertz CT molecular complexity index is 864. The maximum atomic E-state index is 12.6. The third-order valence-corrected chi connectivity index (χ3v) is 4.65. The first kappa shape index (κ1) is 18.6. The molecule has 1 fully saturated rings. The second-order valence-electron chi connectivity index (χ2n) is 6.59. The SMILES string of the molecule is CC1CCCCN1C(=O)c1ccc(NC(=O)c2cccc(C(=O)O)n2)cc1. The number of likely N-dealkylation sites (tertiary alicyclic amines) is 1. The molecule has 1 saturated heterocycles. The fourth-order valence-electron chi connectivity index (χ4n) is 3.14. The van der Waals surface area contributed by atoms with Crippen LogP contribution in [0.1, 0.15) is 57.5 Å². The first-order chi connectivity index (χ1) is 13.0. The summed E-state index contributed by atoms with van der Waals surface area (Å²) in [5, 5.41) is 11.6. The van der Waals surface area contributed by atoms with Crippen LogP contribution >= 0.6 is 0 Å². The van der Waals surface area contributed by atoms with Crippen LogP contribution in [-0.4, -0.2) is 45.4 Å². The summed E-state index contributed by atoms with van der Waals surface area (Å²) in [6.45, 7) is 2.83. The largest absolute Gasteiger partial charge is 0.477 e. The average Bonchev–Trinajstić information content (AvgIpc) is 2.68. The van der Waals surface area contributed by atoms with Crippen molar-refractivity contribution < 1.29 is 19.5 Å². The van der Waals surface area contributed by atoms with Crippen LogP contribution in [0.4, 0.5) is 5.69 Å². The van der Waals surface area contributed by atoms with Crippen molar-refractivity contribution in [2.45, 2.75) is 32.2 Å². The smallest absolute Gasteiger partial charge is 0.354 e. The molecule has 2 heterocycles. The minimum Gasteiger partial charge on any atom is -0.477 e. The first-order valence-corrected chi connectivity index (χ1v) is 8.88. The number of carbonyl (C=O) groups is 3. The van der Waals surface area contributed by atoms with Crippen LogP contribution in [-0.2, 0) is 0 Å². The van der Waals surface area contributed by atoms with E-state index in [-0.39, 0.29) is 23.3 Å². The molecule has 3 rings (SSSR count). The van der Waals surface area contributed by atoms with Crippen molar-refractivity contribution in [3.8, 4) is 0 Å². The molecule has 0 bridgehead atoms. The van der Waals surface area contributed by atoms with Crippen molar-refractivity contribution in [2.24, 2.45) is 0 Å². The van der Waals surface area contributed by atoms with E-state index in [1.807, 2.05) is 4.90 Å². The number of benzene rings is 1. The van der Waals surface area contributed by atoms with E-state index in [0.29, 0.717) is 11.3 Å². The van der Waals surface area contributed by atoms with Gasteiger partial charge in [0.25, 0.3) is 11.8 Å². The van der Waals surface area contributed by atoms with Gasteiger partial charge in [0.1, 0.15) is 11.4 Å². The summed E-state index contributed by atoms with van der Waals surface area (Å²) < 4.78 is 0. The minimum atomic E-state index is -1.19. The number of aromatic carboxylic acids is 1. The van der Waals surface area contributed by atoms with Gasteiger partial charge >= 0.3 is 5.97 Å². The molecule has 1 atom stereocenters. The molecule has 1 unspecified atom stereocenters. The zero-order valence-corrected chi connectivity index (χ0v) is 15.0. The fraction of sp³-hybridized carbons (Fsp3) is 0.300. The minimum absolute atomic E-state index is 0.00379. The van der Waals surface area contributed by atoms with Crippen molar-refractivity contribution in [3.63, 3.8) is 0 Å². The van der Waals surface area contributed by atoms with Crippen molar-refractivity contribution in [1.82, 2.24) is 9.88 Å². The summed E-state index contributed by atoms with van der Waals surface area (Å²) in [6, 6.07) is 11.1. The maximum absolute atomic E-state index is 12.6. The molecule has 2 aromatic rings. The summed E-state index contributed by atoms with van der Waals surface area (Å²) in [5.41, 5.74) is 0.898. The molecule has 7 heteroatoms. The van der Waals surface area contributed by atoms with Gasteiger partial charge in [-0.2, -0.15) is 0 Å². The number of carboxylic acids is 1. The Labute approximate surface area is 157 Å². The standard InChI is InChI=1S/C20H21N3O4/c1-13-5-2-3-12-23(13)19(25)14-8-10-15(11-9-14)21-18(24)16-6-4-7-17(22-16)20(26)27/h4,6-11,13H,2-3,5,12H2,1H3,(H,21,24)(H,26,27). The van der Waals surface area contributed by atoms with E-state index in [2.05, 4.69) is 17.2 Å².